The van der Waals surface area contributed by atoms with Gasteiger partial charge in [-0.1, -0.05) is 0 Å². The first-order valence-electron chi connectivity index (χ1n) is 4.73. The summed E-state index contributed by atoms with van der Waals surface area (Å²) in [6.07, 6.45) is 0. The number of amides is 1. The molecule has 0 unspecified atom stereocenters. The third-order valence-electron chi connectivity index (χ3n) is 2.00. The quantitative estimate of drug-likeness (QED) is 0.590. The van der Waals surface area contributed by atoms with E-state index in [0.717, 1.165) is 5.56 Å². The topological polar surface area (TPSA) is 84.3 Å². The highest BCUT2D eigenvalue weighted by Crippen LogP contribution is 2.20. The van der Waals surface area contributed by atoms with Crippen molar-refractivity contribution in [3.8, 4) is 0 Å². The molecular weight excluding hydrogens is 210 g/mol. The van der Waals surface area contributed by atoms with Gasteiger partial charge < -0.3 is 10.6 Å². The van der Waals surface area contributed by atoms with Crippen LogP contribution in [0.25, 0.3) is 0 Å². The van der Waals surface area contributed by atoms with E-state index in [0.29, 0.717) is 5.69 Å². The number of carbonyl (C=O) groups excluding carboxylic acids is 1. The maximum atomic E-state index is 11.0. The Morgan fingerprint density at radius 2 is 2.12 bits per heavy atom. The van der Waals surface area contributed by atoms with Crippen LogP contribution in [-0.2, 0) is 4.79 Å². The van der Waals surface area contributed by atoms with Gasteiger partial charge in [-0.15, -0.1) is 0 Å². The van der Waals surface area contributed by atoms with Gasteiger partial charge in [-0.3, -0.25) is 14.9 Å². The summed E-state index contributed by atoms with van der Waals surface area (Å²) in [5.74, 6) is -0.177. The Morgan fingerprint density at radius 3 is 2.69 bits per heavy atom. The third-order valence-corrected chi connectivity index (χ3v) is 2.00. The normalized spacial score (nSPS) is 9.62. The van der Waals surface area contributed by atoms with Crippen molar-refractivity contribution in [2.24, 2.45) is 0 Å². The summed E-state index contributed by atoms with van der Waals surface area (Å²) in [7, 11) is 1.53. The first kappa shape index (κ1) is 12.0. The summed E-state index contributed by atoms with van der Waals surface area (Å²) in [6, 6.07) is 4.62. The predicted octanol–water partition coefficient (Wildman–Crippen LogP) is 1.06. The Labute approximate surface area is 92.8 Å². The number of aryl methyl sites for hydroxylation is 1. The fraction of sp³-hybridized carbons (Fsp3) is 0.300. The van der Waals surface area contributed by atoms with E-state index in [1.165, 1.54) is 19.2 Å². The van der Waals surface area contributed by atoms with Crippen LogP contribution >= 0.6 is 0 Å². The third kappa shape index (κ3) is 3.23. The number of nitro benzene ring substituents is 1. The van der Waals surface area contributed by atoms with Crippen LogP contribution in [0.1, 0.15) is 5.56 Å². The summed E-state index contributed by atoms with van der Waals surface area (Å²) in [6.45, 7) is 1.86. The molecule has 0 fully saturated rings. The van der Waals surface area contributed by atoms with Crippen molar-refractivity contribution in [1.29, 1.82) is 0 Å². The Morgan fingerprint density at radius 1 is 1.44 bits per heavy atom. The van der Waals surface area contributed by atoms with Crippen molar-refractivity contribution in [3.63, 3.8) is 0 Å². The molecule has 0 saturated carbocycles. The van der Waals surface area contributed by atoms with E-state index in [9.17, 15) is 14.9 Å². The summed E-state index contributed by atoms with van der Waals surface area (Å²) in [5, 5.41) is 15.9. The second kappa shape index (κ2) is 5.11. The van der Waals surface area contributed by atoms with Crippen LogP contribution in [0.5, 0.6) is 0 Å². The molecule has 6 heteroatoms. The van der Waals surface area contributed by atoms with E-state index in [1.54, 1.807) is 13.0 Å². The highest BCUT2D eigenvalue weighted by molar-refractivity contribution is 5.80. The van der Waals surface area contributed by atoms with Crippen molar-refractivity contribution < 1.29 is 9.72 Å². The Bertz CT molecular complexity index is 418. The molecule has 0 heterocycles. The molecule has 86 valence electrons. The smallest absolute Gasteiger partial charge is 0.271 e. The van der Waals surface area contributed by atoms with Crippen molar-refractivity contribution >= 4 is 17.3 Å². The van der Waals surface area contributed by atoms with Gasteiger partial charge in [-0.2, -0.15) is 0 Å². The highest BCUT2D eigenvalue weighted by Gasteiger charge is 2.08. The van der Waals surface area contributed by atoms with Crippen molar-refractivity contribution in [3.05, 3.63) is 33.9 Å². The van der Waals surface area contributed by atoms with Gasteiger partial charge in [0.05, 0.1) is 11.5 Å². The minimum Gasteiger partial charge on any atom is -0.376 e. The van der Waals surface area contributed by atoms with Gasteiger partial charge in [0.15, 0.2) is 0 Å². The van der Waals surface area contributed by atoms with E-state index in [2.05, 4.69) is 10.6 Å². The van der Waals surface area contributed by atoms with Gasteiger partial charge in [0.25, 0.3) is 5.69 Å². The Kier molecular flexibility index (Phi) is 3.82. The fourth-order valence-electron chi connectivity index (χ4n) is 1.24. The average Bonchev–Trinajstić information content (AvgIpc) is 2.25. The lowest BCUT2D eigenvalue weighted by atomic mass is 10.2. The number of non-ortho nitro benzene ring substituents is 1. The van der Waals surface area contributed by atoms with Gasteiger partial charge in [0.1, 0.15) is 0 Å². The van der Waals surface area contributed by atoms with Gasteiger partial charge >= 0.3 is 0 Å². The highest BCUT2D eigenvalue weighted by atomic mass is 16.6. The van der Waals surface area contributed by atoms with Crippen molar-refractivity contribution in [2.45, 2.75) is 6.92 Å². The van der Waals surface area contributed by atoms with E-state index < -0.39 is 4.92 Å². The van der Waals surface area contributed by atoms with Gasteiger partial charge in [-0.05, 0) is 18.6 Å². The standard InChI is InChI=1S/C10H13N3O3/c1-7-3-8(12-6-10(14)11-2)5-9(4-7)13(15)16/h3-5,12H,6H2,1-2H3,(H,11,14). The Balaban J connectivity index is 2.80. The second-order valence-electron chi connectivity index (χ2n) is 3.34. The minimum atomic E-state index is -0.460. The molecule has 0 saturated heterocycles. The van der Waals surface area contributed by atoms with E-state index in [-0.39, 0.29) is 18.1 Å². The van der Waals surface area contributed by atoms with E-state index in [4.69, 9.17) is 0 Å². The molecule has 0 bridgehead atoms. The summed E-state index contributed by atoms with van der Waals surface area (Å²) in [4.78, 5) is 21.1. The lowest BCUT2D eigenvalue weighted by Gasteiger charge is -2.06. The molecule has 0 radical (unpaired) electrons. The van der Waals surface area contributed by atoms with Crippen LogP contribution in [0.15, 0.2) is 18.2 Å². The molecule has 0 aromatic heterocycles. The van der Waals surface area contributed by atoms with Crippen LogP contribution in [0.3, 0.4) is 0 Å². The number of likely N-dealkylation sites (N-methyl/N-ethyl adjacent to an activating group) is 1. The minimum absolute atomic E-state index is 0.0133. The predicted molar refractivity (Wildman–Crippen MR) is 60.4 cm³/mol. The summed E-state index contributed by atoms with van der Waals surface area (Å²) in [5.41, 5.74) is 1.35. The van der Waals surface area contributed by atoms with Crippen molar-refractivity contribution in [1.82, 2.24) is 5.32 Å². The van der Waals surface area contributed by atoms with Crippen LogP contribution in [0, 0.1) is 17.0 Å². The number of anilines is 1. The molecule has 0 aliphatic carbocycles. The van der Waals surface area contributed by atoms with Crippen LogP contribution < -0.4 is 10.6 Å². The first-order valence-corrected chi connectivity index (χ1v) is 4.73. The lowest BCUT2D eigenvalue weighted by molar-refractivity contribution is -0.384. The number of nitrogens with zero attached hydrogens (tertiary/aromatic N) is 1. The fourth-order valence-corrected chi connectivity index (χ4v) is 1.24. The number of carbonyl (C=O) groups is 1. The molecule has 0 spiro atoms. The number of nitrogens with one attached hydrogen (secondary N) is 2. The Hall–Kier alpha value is -2.11. The second-order valence-corrected chi connectivity index (χ2v) is 3.34. The number of rotatable bonds is 4. The van der Waals surface area contributed by atoms with Gasteiger partial charge in [-0.25, -0.2) is 0 Å². The molecular formula is C10H13N3O3. The molecule has 2 N–H and O–H groups in total. The zero-order valence-corrected chi connectivity index (χ0v) is 9.11. The molecule has 0 atom stereocenters. The van der Waals surface area contributed by atoms with Crippen LogP contribution in [0.2, 0.25) is 0 Å². The molecule has 1 aromatic carbocycles. The number of benzene rings is 1. The largest absolute Gasteiger partial charge is 0.376 e. The lowest BCUT2D eigenvalue weighted by Crippen LogP contribution is -2.26. The van der Waals surface area contributed by atoms with Crippen molar-refractivity contribution in [2.75, 3.05) is 18.9 Å². The van der Waals surface area contributed by atoms with E-state index in [1.807, 2.05) is 0 Å². The monoisotopic (exact) mass is 223 g/mol. The molecule has 1 amide bonds. The van der Waals surface area contributed by atoms with Gasteiger partial charge in [0, 0.05) is 24.9 Å². The van der Waals surface area contributed by atoms with Crippen LogP contribution in [0.4, 0.5) is 11.4 Å². The molecule has 1 rings (SSSR count). The molecule has 0 aliphatic rings. The molecule has 1 aromatic rings. The molecule has 6 nitrogen and oxygen atoms in total. The summed E-state index contributed by atoms with van der Waals surface area (Å²) >= 11 is 0. The number of hydrogen-bond donors (Lipinski definition) is 2. The van der Waals surface area contributed by atoms with Gasteiger partial charge in [0.2, 0.25) is 5.91 Å². The van der Waals surface area contributed by atoms with E-state index >= 15 is 0 Å². The maximum Gasteiger partial charge on any atom is 0.271 e. The molecule has 16 heavy (non-hydrogen) atoms. The number of hydrogen-bond acceptors (Lipinski definition) is 4. The zero-order valence-electron chi connectivity index (χ0n) is 9.11. The SMILES string of the molecule is CNC(=O)CNc1cc(C)cc([N+](=O)[O-])c1. The molecule has 0 aliphatic heterocycles. The zero-order chi connectivity index (χ0) is 12.1. The average molecular weight is 223 g/mol. The number of nitro groups is 1. The summed E-state index contributed by atoms with van der Waals surface area (Å²) < 4.78 is 0. The maximum absolute atomic E-state index is 11.0. The first-order chi connectivity index (χ1) is 7.52. The van der Waals surface area contributed by atoms with Crippen LogP contribution in [-0.4, -0.2) is 24.4 Å².